The van der Waals surface area contributed by atoms with Gasteiger partial charge in [0.2, 0.25) is 0 Å². The van der Waals surface area contributed by atoms with E-state index in [1.807, 2.05) is 11.3 Å². The molecule has 2 N–H and O–H groups in total. The van der Waals surface area contributed by atoms with Crippen LogP contribution in [-0.4, -0.2) is 24.1 Å². The minimum Gasteiger partial charge on any atom is -0.347 e. The first kappa shape index (κ1) is 11.5. The predicted octanol–water partition coefficient (Wildman–Crippen LogP) is 2.32. The highest BCUT2D eigenvalue weighted by Crippen LogP contribution is 2.38. The van der Waals surface area contributed by atoms with Gasteiger partial charge in [-0.15, -0.1) is 11.3 Å². The van der Waals surface area contributed by atoms with Crippen LogP contribution in [0, 0.1) is 25.7 Å². The van der Waals surface area contributed by atoms with Crippen LogP contribution in [0.2, 0.25) is 0 Å². The van der Waals surface area contributed by atoms with Gasteiger partial charge in [0.15, 0.2) is 5.13 Å². The Labute approximate surface area is 107 Å². The largest absolute Gasteiger partial charge is 0.347 e. The molecule has 1 aliphatic carbocycles. The molecule has 1 aromatic rings. The third kappa shape index (κ3) is 1.97. The topological polar surface area (TPSA) is 42.2 Å². The number of aryl methyl sites for hydroxylation is 2. The van der Waals surface area contributed by atoms with Crippen LogP contribution in [0.5, 0.6) is 0 Å². The van der Waals surface area contributed by atoms with E-state index in [9.17, 15) is 0 Å². The van der Waals surface area contributed by atoms with E-state index in [-0.39, 0.29) is 0 Å². The number of fused-ring (bicyclic) bond motifs is 1. The van der Waals surface area contributed by atoms with Gasteiger partial charge in [-0.05, 0) is 38.5 Å². The van der Waals surface area contributed by atoms with E-state index in [1.54, 1.807) is 0 Å². The molecule has 3 nitrogen and oxygen atoms in total. The zero-order valence-electron chi connectivity index (χ0n) is 10.6. The molecule has 3 unspecified atom stereocenters. The van der Waals surface area contributed by atoms with Crippen molar-refractivity contribution in [2.45, 2.75) is 39.2 Å². The number of aromatic nitrogens is 1. The van der Waals surface area contributed by atoms with Gasteiger partial charge in [0.25, 0.3) is 0 Å². The molecule has 0 aromatic carbocycles. The second kappa shape index (κ2) is 4.25. The van der Waals surface area contributed by atoms with Gasteiger partial charge in [0.1, 0.15) is 0 Å². The molecule has 0 bridgehead atoms. The maximum absolute atomic E-state index is 6.25. The summed E-state index contributed by atoms with van der Waals surface area (Å²) in [6, 6.07) is 0.418. The second-order valence-corrected chi connectivity index (χ2v) is 6.74. The smallest absolute Gasteiger partial charge is 0.185 e. The molecule has 1 saturated heterocycles. The maximum Gasteiger partial charge on any atom is 0.185 e. The number of nitrogens with two attached hydrogens (primary N) is 1. The van der Waals surface area contributed by atoms with Gasteiger partial charge in [-0.2, -0.15) is 0 Å². The fourth-order valence-electron chi connectivity index (χ4n) is 3.26. The van der Waals surface area contributed by atoms with Crippen molar-refractivity contribution in [1.29, 1.82) is 0 Å². The molecular weight excluding hydrogens is 230 g/mol. The maximum atomic E-state index is 6.25. The van der Waals surface area contributed by atoms with Crippen LogP contribution < -0.4 is 10.6 Å². The Morgan fingerprint density at radius 1 is 1.29 bits per heavy atom. The molecule has 17 heavy (non-hydrogen) atoms. The summed E-state index contributed by atoms with van der Waals surface area (Å²) in [6.07, 6.45) is 3.88. The first-order chi connectivity index (χ1) is 8.15. The summed E-state index contributed by atoms with van der Waals surface area (Å²) in [6.45, 7) is 6.55. The molecule has 0 amide bonds. The Hall–Kier alpha value is -0.610. The predicted molar refractivity (Wildman–Crippen MR) is 72.6 cm³/mol. The molecule has 1 aromatic heterocycles. The Kier molecular flexibility index (Phi) is 2.87. The summed E-state index contributed by atoms with van der Waals surface area (Å²) in [5.41, 5.74) is 7.44. The lowest BCUT2D eigenvalue weighted by Crippen LogP contribution is -2.38. The van der Waals surface area contributed by atoms with Crippen molar-refractivity contribution in [1.82, 2.24) is 4.98 Å². The summed E-state index contributed by atoms with van der Waals surface area (Å²) in [5.74, 6) is 1.51. The lowest BCUT2D eigenvalue weighted by atomic mass is 9.78. The van der Waals surface area contributed by atoms with Crippen LogP contribution in [0.3, 0.4) is 0 Å². The average molecular weight is 251 g/mol. The molecule has 1 aliphatic heterocycles. The highest BCUT2D eigenvalue weighted by Gasteiger charge is 2.39. The molecule has 1 saturated carbocycles. The van der Waals surface area contributed by atoms with Gasteiger partial charge in [0.05, 0.1) is 5.69 Å². The quantitative estimate of drug-likeness (QED) is 0.833. The highest BCUT2D eigenvalue weighted by molar-refractivity contribution is 7.15. The zero-order valence-corrected chi connectivity index (χ0v) is 11.5. The van der Waals surface area contributed by atoms with Crippen LogP contribution in [0.25, 0.3) is 0 Å². The lowest BCUT2D eigenvalue weighted by molar-refractivity contribution is 0.260. The molecule has 2 fully saturated rings. The van der Waals surface area contributed by atoms with Crippen LogP contribution >= 0.6 is 11.3 Å². The summed E-state index contributed by atoms with van der Waals surface area (Å²) >= 11 is 1.83. The second-order valence-electron chi connectivity index (χ2n) is 5.56. The van der Waals surface area contributed by atoms with Gasteiger partial charge in [0, 0.05) is 24.0 Å². The Morgan fingerprint density at radius 2 is 2.12 bits per heavy atom. The fraction of sp³-hybridized carbons (Fsp3) is 0.769. The van der Waals surface area contributed by atoms with Crippen molar-refractivity contribution in [3.63, 3.8) is 0 Å². The standard InChI is InChI=1S/C13H21N3S/c1-8-9(2)17-13(15-8)16-6-10-4-3-5-12(14)11(10)7-16/h10-12H,3-7,14H2,1-2H3. The highest BCUT2D eigenvalue weighted by atomic mass is 32.1. The summed E-state index contributed by atoms with van der Waals surface area (Å²) in [7, 11) is 0. The average Bonchev–Trinajstić information content (AvgIpc) is 2.85. The molecule has 0 radical (unpaired) electrons. The van der Waals surface area contributed by atoms with Gasteiger partial charge in [-0.1, -0.05) is 6.42 Å². The normalized spacial score (nSPS) is 32.9. The molecular formula is C13H21N3S. The molecule has 2 heterocycles. The van der Waals surface area contributed by atoms with Crippen LogP contribution in [0.1, 0.15) is 29.8 Å². The molecule has 3 atom stereocenters. The Balaban J connectivity index is 1.78. The SMILES string of the molecule is Cc1nc(N2CC3CCCC(N)C3C2)sc1C. The van der Waals surface area contributed by atoms with Gasteiger partial charge >= 0.3 is 0 Å². The van der Waals surface area contributed by atoms with Crippen molar-refractivity contribution in [3.05, 3.63) is 10.6 Å². The number of anilines is 1. The Bertz CT molecular complexity index is 395. The van der Waals surface area contributed by atoms with Crippen LogP contribution in [-0.2, 0) is 0 Å². The third-order valence-electron chi connectivity index (χ3n) is 4.44. The fourth-order valence-corrected chi connectivity index (χ4v) is 4.19. The van der Waals surface area contributed by atoms with Crippen molar-refractivity contribution in [2.24, 2.45) is 17.6 Å². The van der Waals surface area contributed by atoms with Crippen LogP contribution in [0.4, 0.5) is 5.13 Å². The van der Waals surface area contributed by atoms with E-state index in [4.69, 9.17) is 5.73 Å². The van der Waals surface area contributed by atoms with E-state index in [0.29, 0.717) is 12.0 Å². The van der Waals surface area contributed by atoms with Crippen molar-refractivity contribution in [2.75, 3.05) is 18.0 Å². The Morgan fingerprint density at radius 3 is 2.76 bits per heavy atom. The molecule has 3 rings (SSSR count). The number of hydrogen-bond donors (Lipinski definition) is 1. The molecule has 0 spiro atoms. The van der Waals surface area contributed by atoms with E-state index >= 15 is 0 Å². The molecule has 2 aliphatic rings. The summed E-state index contributed by atoms with van der Waals surface area (Å²) in [4.78, 5) is 8.49. The van der Waals surface area contributed by atoms with E-state index in [2.05, 4.69) is 23.7 Å². The van der Waals surface area contributed by atoms with Crippen LogP contribution in [0.15, 0.2) is 0 Å². The number of hydrogen-bond acceptors (Lipinski definition) is 4. The lowest BCUT2D eigenvalue weighted by Gasteiger charge is -2.29. The van der Waals surface area contributed by atoms with Crippen molar-refractivity contribution in [3.8, 4) is 0 Å². The van der Waals surface area contributed by atoms with Crippen molar-refractivity contribution < 1.29 is 0 Å². The monoisotopic (exact) mass is 251 g/mol. The van der Waals surface area contributed by atoms with Gasteiger partial charge in [-0.25, -0.2) is 4.98 Å². The van der Waals surface area contributed by atoms with Gasteiger partial charge in [-0.3, -0.25) is 0 Å². The molecule has 4 heteroatoms. The number of rotatable bonds is 1. The number of nitrogens with zero attached hydrogens (tertiary/aromatic N) is 2. The number of thiazole rings is 1. The van der Waals surface area contributed by atoms with Crippen molar-refractivity contribution >= 4 is 16.5 Å². The first-order valence-corrected chi connectivity index (χ1v) is 7.41. The minimum atomic E-state index is 0.418. The summed E-state index contributed by atoms with van der Waals surface area (Å²) < 4.78 is 0. The minimum absolute atomic E-state index is 0.418. The van der Waals surface area contributed by atoms with E-state index in [1.165, 1.54) is 41.5 Å². The summed E-state index contributed by atoms with van der Waals surface area (Å²) in [5, 5.41) is 1.21. The zero-order chi connectivity index (χ0) is 12.0. The van der Waals surface area contributed by atoms with E-state index < -0.39 is 0 Å². The van der Waals surface area contributed by atoms with Gasteiger partial charge < -0.3 is 10.6 Å². The first-order valence-electron chi connectivity index (χ1n) is 6.59. The third-order valence-corrected chi connectivity index (χ3v) is 5.58. The van der Waals surface area contributed by atoms with E-state index in [0.717, 1.165) is 12.5 Å². The molecule has 94 valence electrons.